The lowest BCUT2D eigenvalue weighted by atomic mass is 9.82. The largest absolute Gasteiger partial charge is 0.481 e. The van der Waals surface area contributed by atoms with E-state index in [4.69, 9.17) is 5.10 Å². The molecule has 2 heterocycles. The van der Waals surface area contributed by atoms with Crippen LogP contribution in [0.2, 0.25) is 0 Å². The van der Waals surface area contributed by atoms with Crippen molar-refractivity contribution in [3.05, 3.63) is 78.5 Å². The van der Waals surface area contributed by atoms with Crippen LogP contribution in [-0.4, -0.2) is 38.8 Å². The average Bonchev–Trinajstić information content (AvgIpc) is 3.37. The smallest absolute Gasteiger partial charge is 0.308 e. The second-order valence-electron chi connectivity index (χ2n) is 11.2. The van der Waals surface area contributed by atoms with Crippen molar-refractivity contribution in [2.24, 2.45) is 11.3 Å². The van der Waals surface area contributed by atoms with Gasteiger partial charge in [-0.05, 0) is 55.5 Å². The molecule has 0 bridgehead atoms. The molecule has 6 nitrogen and oxygen atoms in total. The van der Waals surface area contributed by atoms with Crippen molar-refractivity contribution in [3.8, 4) is 11.3 Å². The van der Waals surface area contributed by atoms with Crippen LogP contribution in [0.15, 0.2) is 67.2 Å². The zero-order valence-electron chi connectivity index (χ0n) is 21.4. The van der Waals surface area contributed by atoms with Crippen molar-refractivity contribution < 1.29 is 9.90 Å². The van der Waals surface area contributed by atoms with E-state index in [-0.39, 0.29) is 16.9 Å². The molecule has 4 rings (SSSR count). The van der Waals surface area contributed by atoms with Crippen molar-refractivity contribution in [2.45, 2.75) is 46.7 Å². The number of nitrogens with zero attached hydrogens (tertiary/aromatic N) is 3. The van der Waals surface area contributed by atoms with Crippen molar-refractivity contribution in [1.29, 1.82) is 0 Å². The van der Waals surface area contributed by atoms with Gasteiger partial charge in [-0.2, -0.15) is 5.10 Å². The van der Waals surface area contributed by atoms with Gasteiger partial charge >= 0.3 is 5.97 Å². The van der Waals surface area contributed by atoms with E-state index >= 15 is 0 Å². The van der Waals surface area contributed by atoms with Gasteiger partial charge in [0.15, 0.2) is 0 Å². The lowest BCUT2D eigenvalue weighted by Gasteiger charge is -2.22. The van der Waals surface area contributed by atoms with Crippen LogP contribution in [-0.2, 0) is 16.9 Å². The van der Waals surface area contributed by atoms with Gasteiger partial charge in [0.25, 0.3) is 0 Å². The summed E-state index contributed by atoms with van der Waals surface area (Å²) in [5.74, 6) is -1.04. The SMILES string of the molecule is C=C(Nc1ccc(CN2CC(C(=O)O)C(C)(C)C2)cc1)c1cc(-c2ccccc2)n(C(C)(C)C)n1. The van der Waals surface area contributed by atoms with E-state index in [1.54, 1.807) is 0 Å². The maximum absolute atomic E-state index is 11.6. The molecule has 3 aromatic rings. The topological polar surface area (TPSA) is 70.4 Å². The molecule has 0 radical (unpaired) electrons. The lowest BCUT2D eigenvalue weighted by molar-refractivity contribution is -0.144. The first-order valence-electron chi connectivity index (χ1n) is 12.1. The van der Waals surface area contributed by atoms with E-state index < -0.39 is 5.97 Å². The molecule has 1 aliphatic rings. The normalized spacial score (nSPS) is 17.9. The van der Waals surface area contributed by atoms with Crippen LogP contribution in [0.4, 0.5) is 5.69 Å². The summed E-state index contributed by atoms with van der Waals surface area (Å²) < 4.78 is 2.05. The molecule has 0 amide bonds. The molecule has 6 heteroatoms. The van der Waals surface area contributed by atoms with E-state index in [0.717, 1.165) is 47.0 Å². The fourth-order valence-electron chi connectivity index (χ4n) is 4.83. The highest BCUT2D eigenvalue weighted by Crippen LogP contribution is 2.36. The Hall–Kier alpha value is -3.38. The number of hydrogen-bond acceptors (Lipinski definition) is 4. The van der Waals surface area contributed by atoms with E-state index in [1.165, 1.54) is 0 Å². The Kier molecular flexibility index (Phi) is 6.60. The standard InChI is InChI=1S/C29H36N4O2/c1-20(25-16-26(22-10-8-7-9-11-22)33(31-25)28(2,3)4)30-23-14-12-21(13-15-23)17-32-18-24(27(34)35)29(5,6)19-32/h7-16,24,30H,1,17-19H2,2-6H3,(H,34,35). The molecule has 35 heavy (non-hydrogen) atoms. The number of rotatable bonds is 7. The summed E-state index contributed by atoms with van der Waals surface area (Å²) in [7, 11) is 0. The molecule has 1 saturated heterocycles. The van der Waals surface area contributed by atoms with Crippen LogP contribution < -0.4 is 5.32 Å². The van der Waals surface area contributed by atoms with Crippen LogP contribution in [0, 0.1) is 11.3 Å². The number of hydrogen-bond donors (Lipinski definition) is 2. The third-order valence-corrected chi connectivity index (χ3v) is 6.69. The van der Waals surface area contributed by atoms with Crippen LogP contribution in [0.3, 0.4) is 0 Å². The first kappa shape index (κ1) is 24.7. The van der Waals surface area contributed by atoms with Crippen LogP contribution in [0.25, 0.3) is 17.0 Å². The fourth-order valence-corrected chi connectivity index (χ4v) is 4.83. The number of benzene rings is 2. The Morgan fingerprint density at radius 2 is 1.80 bits per heavy atom. The summed E-state index contributed by atoms with van der Waals surface area (Å²) >= 11 is 0. The molecule has 1 aliphatic heterocycles. The van der Waals surface area contributed by atoms with Crippen molar-refractivity contribution in [2.75, 3.05) is 18.4 Å². The highest BCUT2D eigenvalue weighted by atomic mass is 16.4. The molecule has 1 atom stereocenters. The molecular formula is C29H36N4O2. The Morgan fingerprint density at radius 3 is 2.37 bits per heavy atom. The lowest BCUT2D eigenvalue weighted by Crippen LogP contribution is -2.28. The summed E-state index contributed by atoms with van der Waals surface area (Å²) in [6.07, 6.45) is 0. The van der Waals surface area contributed by atoms with Gasteiger partial charge in [-0.25, -0.2) is 0 Å². The Labute approximate surface area is 208 Å². The summed E-state index contributed by atoms with van der Waals surface area (Å²) in [5, 5.41) is 17.8. The van der Waals surface area contributed by atoms with Gasteiger partial charge in [0.1, 0.15) is 5.69 Å². The molecule has 0 saturated carbocycles. The first-order valence-corrected chi connectivity index (χ1v) is 12.1. The first-order chi connectivity index (χ1) is 16.4. The zero-order chi connectivity index (χ0) is 25.4. The predicted molar refractivity (Wildman–Crippen MR) is 142 cm³/mol. The van der Waals surface area contributed by atoms with Crippen LogP contribution in [0.5, 0.6) is 0 Å². The fraction of sp³-hybridized carbons (Fsp3) is 0.379. The third-order valence-electron chi connectivity index (χ3n) is 6.69. The minimum atomic E-state index is -0.708. The third kappa shape index (κ3) is 5.49. The number of aromatic nitrogens is 2. The minimum Gasteiger partial charge on any atom is -0.481 e. The van der Waals surface area contributed by atoms with E-state index in [1.807, 2.05) is 44.2 Å². The maximum atomic E-state index is 11.6. The summed E-state index contributed by atoms with van der Waals surface area (Å²) in [6.45, 7) is 16.9. The molecule has 2 N–H and O–H groups in total. The molecule has 1 aromatic heterocycles. The molecule has 184 valence electrons. The van der Waals surface area contributed by atoms with E-state index in [0.29, 0.717) is 6.54 Å². The van der Waals surface area contributed by atoms with Gasteiger partial charge < -0.3 is 10.4 Å². The van der Waals surface area contributed by atoms with Gasteiger partial charge in [0, 0.05) is 25.3 Å². The second kappa shape index (κ2) is 9.34. The van der Waals surface area contributed by atoms with Gasteiger partial charge in [-0.3, -0.25) is 14.4 Å². The van der Waals surface area contributed by atoms with Crippen LogP contribution in [0.1, 0.15) is 45.9 Å². The van der Waals surface area contributed by atoms with Crippen LogP contribution >= 0.6 is 0 Å². The second-order valence-corrected chi connectivity index (χ2v) is 11.2. The van der Waals surface area contributed by atoms with E-state index in [2.05, 4.69) is 72.6 Å². The maximum Gasteiger partial charge on any atom is 0.308 e. The zero-order valence-corrected chi connectivity index (χ0v) is 21.4. The molecule has 1 unspecified atom stereocenters. The summed E-state index contributed by atoms with van der Waals surface area (Å²) in [6, 6.07) is 20.6. The van der Waals surface area contributed by atoms with Crippen molar-refractivity contribution in [1.82, 2.24) is 14.7 Å². The Balaban J connectivity index is 1.46. The number of aliphatic carboxylic acids is 1. The number of likely N-dealkylation sites (tertiary alicyclic amines) is 1. The van der Waals surface area contributed by atoms with Gasteiger partial charge in [-0.15, -0.1) is 0 Å². The van der Waals surface area contributed by atoms with Gasteiger partial charge in [-0.1, -0.05) is 62.9 Å². The highest BCUT2D eigenvalue weighted by molar-refractivity contribution is 5.76. The molecular weight excluding hydrogens is 436 g/mol. The molecule has 0 aliphatic carbocycles. The highest BCUT2D eigenvalue weighted by Gasteiger charge is 2.43. The van der Waals surface area contributed by atoms with Gasteiger partial charge in [0.2, 0.25) is 0 Å². The van der Waals surface area contributed by atoms with Crippen molar-refractivity contribution in [3.63, 3.8) is 0 Å². The Bertz CT molecular complexity index is 1200. The number of carbonyl (C=O) groups is 1. The predicted octanol–water partition coefficient (Wildman–Crippen LogP) is 5.93. The minimum absolute atomic E-state index is 0.171. The molecule has 2 aromatic carbocycles. The molecule has 1 fully saturated rings. The number of anilines is 1. The number of nitrogens with one attached hydrogen (secondary N) is 1. The van der Waals surface area contributed by atoms with Crippen molar-refractivity contribution >= 4 is 17.4 Å². The average molecular weight is 473 g/mol. The number of carboxylic acids is 1. The number of carboxylic acid groups (broad SMARTS) is 1. The van der Waals surface area contributed by atoms with E-state index in [9.17, 15) is 9.90 Å². The summed E-state index contributed by atoms with van der Waals surface area (Å²) in [4.78, 5) is 13.8. The monoisotopic (exact) mass is 472 g/mol. The Morgan fingerprint density at radius 1 is 1.14 bits per heavy atom. The van der Waals surface area contributed by atoms with Gasteiger partial charge in [0.05, 0.1) is 22.8 Å². The summed E-state index contributed by atoms with van der Waals surface area (Å²) in [5.41, 5.74) is 5.43. The molecule has 0 spiro atoms. The quantitative estimate of drug-likeness (QED) is 0.446.